The van der Waals surface area contributed by atoms with Gasteiger partial charge in [-0.25, -0.2) is 4.79 Å². The van der Waals surface area contributed by atoms with Gasteiger partial charge in [0.1, 0.15) is 0 Å². The van der Waals surface area contributed by atoms with Gasteiger partial charge < -0.3 is 20.0 Å². The smallest absolute Gasteiger partial charge is 0.323 e. The molecule has 1 aromatic heterocycles. The predicted molar refractivity (Wildman–Crippen MR) is 71.0 cm³/mol. The Bertz CT molecular complexity index is 579. The summed E-state index contributed by atoms with van der Waals surface area (Å²) in [6.07, 6.45) is 3.25. The van der Waals surface area contributed by atoms with Crippen LogP contribution >= 0.6 is 0 Å². The van der Waals surface area contributed by atoms with Crippen molar-refractivity contribution in [3.05, 3.63) is 28.7 Å². The Morgan fingerprint density at radius 2 is 2.06 bits per heavy atom. The van der Waals surface area contributed by atoms with Crippen LogP contribution in [0.2, 0.25) is 0 Å². The van der Waals surface area contributed by atoms with Crippen LogP contribution in [-0.2, 0) is 4.74 Å². The Morgan fingerprint density at radius 1 is 1.17 bits per heavy atom. The van der Waals surface area contributed by atoms with Gasteiger partial charge in [-0.1, -0.05) is 0 Å². The van der Waals surface area contributed by atoms with Crippen molar-refractivity contribution in [3.8, 4) is 0 Å². The van der Waals surface area contributed by atoms with Gasteiger partial charge in [0.15, 0.2) is 0 Å². The maximum Gasteiger partial charge on any atom is 0.323 e. The fraction of sp³-hybridized carbons (Fsp3) is 0.462. The summed E-state index contributed by atoms with van der Waals surface area (Å²) in [6.45, 7) is 1.68. The van der Waals surface area contributed by atoms with Crippen LogP contribution in [0.25, 0.3) is 11.0 Å². The predicted octanol–water partition coefficient (Wildman–Crippen LogP) is 1.84. The standard InChI is InChI=1S/C13H17N3O2/c17-13-15-11-4-3-10(8-12(11)16-13)14-9-2-1-6-18-7-5-9/h3-4,8-9,14H,1-2,5-7H2,(H2,15,16,17). The summed E-state index contributed by atoms with van der Waals surface area (Å²) >= 11 is 0. The highest BCUT2D eigenvalue weighted by molar-refractivity contribution is 5.78. The average molecular weight is 247 g/mol. The Morgan fingerprint density at radius 3 is 3.00 bits per heavy atom. The number of hydrogen-bond acceptors (Lipinski definition) is 3. The summed E-state index contributed by atoms with van der Waals surface area (Å²) in [7, 11) is 0. The molecule has 0 radical (unpaired) electrons. The van der Waals surface area contributed by atoms with Crippen molar-refractivity contribution in [1.82, 2.24) is 9.97 Å². The first-order valence-electron chi connectivity index (χ1n) is 6.37. The number of benzene rings is 1. The topological polar surface area (TPSA) is 69.9 Å². The Labute approximate surface area is 105 Å². The Balaban J connectivity index is 1.78. The molecule has 1 aromatic carbocycles. The second-order valence-corrected chi connectivity index (χ2v) is 4.72. The zero-order chi connectivity index (χ0) is 12.4. The number of nitrogens with one attached hydrogen (secondary N) is 3. The molecule has 1 unspecified atom stereocenters. The Kier molecular flexibility index (Phi) is 3.06. The summed E-state index contributed by atoms with van der Waals surface area (Å²) in [4.78, 5) is 16.7. The third-order valence-corrected chi connectivity index (χ3v) is 3.34. The van der Waals surface area contributed by atoms with Gasteiger partial charge in [0, 0.05) is 24.9 Å². The molecular weight excluding hydrogens is 230 g/mol. The van der Waals surface area contributed by atoms with E-state index in [0.717, 1.165) is 49.2 Å². The van der Waals surface area contributed by atoms with Crippen molar-refractivity contribution in [1.29, 1.82) is 0 Å². The van der Waals surface area contributed by atoms with Crippen molar-refractivity contribution in [2.24, 2.45) is 0 Å². The lowest BCUT2D eigenvalue weighted by molar-refractivity contribution is 0.144. The fourth-order valence-corrected chi connectivity index (χ4v) is 2.41. The first kappa shape index (κ1) is 11.3. The highest BCUT2D eigenvalue weighted by atomic mass is 16.5. The summed E-state index contributed by atoms with van der Waals surface area (Å²) < 4.78 is 5.44. The van der Waals surface area contributed by atoms with E-state index >= 15 is 0 Å². The van der Waals surface area contributed by atoms with Crippen molar-refractivity contribution in [2.75, 3.05) is 18.5 Å². The van der Waals surface area contributed by atoms with Crippen molar-refractivity contribution >= 4 is 16.7 Å². The second-order valence-electron chi connectivity index (χ2n) is 4.72. The van der Waals surface area contributed by atoms with Crippen LogP contribution in [0.4, 0.5) is 5.69 Å². The van der Waals surface area contributed by atoms with Crippen LogP contribution in [0.3, 0.4) is 0 Å². The number of ether oxygens (including phenoxy) is 1. The molecule has 2 aromatic rings. The molecule has 1 aliphatic rings. The van der Waals surface area contributed by atoms with Crippen molar-refractivity contribution < 1.29 is 4.74 Å². The quantitative estimate of drug-likeness (QED) is 0.758. The van der Waals surface area contributed by atoms with Crippen LogP contribution in [-0.4, -0.2) is 29.2 Å². The maximum absolute atomic E-state index is 11.2. The highest BCUT2D eigenvalue weighted by Gasteiger charge is 2.12. The number of H-pyrrole nitrogens is 2. The van der Waals surface area contributed by atoms with Crippen LogP contribution in [0.5, 0.6) is 0 Å². The summed E-state index contributed by atoms with van der Waals surface area (Å²) in [5.74, 6) is 0. The second kappa shape index (κ2) is 4.86. The van der Waals surface area contributed by atoms with Crippen LogP contribution in [0, 0.1) is 0 Å². The lowest BCUT2D eigenvalue weighted by Crippen LogP contribution is -2.19. The minimum atomic E-state index is -0.162. The average Bonchev–Trinajstić information content (AvgIpc) is 2.56. The molecule has 1 aliphatic heterocycles. The van der Waals surface area contributed by atoms with E-state index < -0.39 is 0 Å². The molecule has 1 saturated heterocycles. The third kappa shape index (κ3) is 2.41. The molecule has 2 heterocycles. The van der Waals surface area contributed by atoms with E-state index in [0.29, 0.717) is 6.04 Å². The van der Waals surface area contributed by atoms with Gasteiger partial charge in [0.2, 0.25) is 0 Å². The van der Waals surface area contributed by atoms with E-state index in [4.69, 9.17) is 4.74 Å². The molecule has 1 atom stereocenters. The van der Waals surface area contributed by atoms with Gasteiger partial charge in [-0.3, -0.25) is 0 Å². The van der Waals surface area contributed by atoms with Crippen LogP contribution in [0.1, 0.15) is 19.3 Å². The molecule has 3 N–H and O–H groups in total. The normalized spacial score (nSPS) is 20.8. The number of rotatable bonds is 2. The van der Waals surface area contributed by atoms with Crippen LogP contribution in [0.15, 0.2) is 23.0 Å². The minimum absolute atomic E-state index is 0.162. The monoisotopic (exact) mass is 247 g/mol. The number of hydrogen-bond donors (Lipinski definition) is 3. The SMILES string of the molecule is O=c1[nH]c2ccc(NC3CCCOCC3)cc2[nH]1. The molecule has 1 fully saturated rings. The van der Waals surface area contributed by atoms with E-state index in [9.17, 15) is 4.79 Å². The number of imidazole rings is 1. The van der Waals surface area contributed by atoms with Gasteiger partial charge in [-0.05, 0) is 37.5 Å². The first-order valence-corrected chi connectivity index (χ1v) is 6.37. The van der Waals surface area contributed by atoms with Gasteiger partial charge in [-0.15, -0.1) is 0 Å². The molecule has 0 aliphatic carbocycles. The molecule has 96 valence electrons. The van der Waals surface area contributed by atoms with Gasteiger partial charge >= 0.3 is 5.69 Å². The van der Waals surface area contributed by atoms with E-state index in [1.807, 2.05) is 18.2 Å². The molecule has 3 rings (SSSR count). The molecule has 0 saturated carbocycles. The lowest BCUT2D eigenvalue weighted by atomic mass is 10.1. The molecule has 0 amide bonds. The zero-order valence-electron chi connectivity index (χ0n) is 10.2. The number of aromatic amines is 2. The molecular formula is C13H17N3O2. The largest absolute Gasteiger partial charge is 0.382 e. The lowest BCUT2D eigenvalue weighted by Gasteiger charge is -2.16. The van der Waals surface area contributed by atoms with Crippen LogP contribution < -0.4 is 11.0 Å². The van der Waals surface area contributed by atoms with E-state index in [1.54, 1.807) is 0 Å². The number of aromatic nitrogens is 2. The minimum Gasteiger partial charge on any atom is -0.382 e. The Hall–Kier alpha value is -1.75. The fourth-order valence-electron chi connectivity index (χ4n) is 2.41. The summed E-state index contributed by atoms with van der Waals surface area (Å²) in [6, 6.07) is 6.34. The molecule has 0 spiro atoms. The number of anilines is 1. The third-order valence-electron chi connectivity index (χ3n) is 3.34. The van der Waals surface area contributed by atoms with E-state index in [2.05, 4.69) is 15.3 Å². The zero-order valence-corrected chi connectivity index (χ0v) is 10.2. The molecule has 0 bridgehead atoms. The van der Waals surface area contributed by atoms with Crippen molar-refractivity contribution in [2.45, 2.75) is 25.3 Å². The number of fused-ring (bicyclic) bond motifs is 1. The van der Waals surface area contributed by atoms with Gasteiger partial charge in [0.05, 0.1) is 11.0 Å². The van der Waals surface area contributed by atoms with E-state index in [1.165, 1.54) is 0 Å². The van der Waals surface area contributed by atoms with Crippen molar-refractivity contribution in [3.63, 3.8) is 0 Å². The molecule has 5 heteroatoms. The highest BCUT2D eigenvalue weighted by Crippen LogP contribution is 2.18. The van der Waals surface area contributed by atoms with Gasteiger partial charge in [-0.2, -0.15) is 0 Å². The summed E-state index contributed by atoms with van der Waals surface area (Å²) in [5, 5.41) is 3.51. The molecule has 18 heavy (non-hydrogen) atoms. The maximum atomic E-state index is 11.2. The molecule has 5 nitrogen and oxygen atoms in total. The first-order chi connectivity index (χ1) is 8.81. The summed E-state index contributed by atoms with van der Waals surface area (Å²) in [5.41, 5.74) is 2.57. The van der Waals surface area contributed by atoms with Gasteiger partial charge in [0.25, 0.3) is 0 Å². The van der Waals surface area contributed by atoms with E-state index in [-0.39, 0.29) is 5.69 Å².